The largest absolute Gasteiger partial charge is 0.490 e. The van der Waals surface area contributed by atoms with E-state index in [0.717, 1.165) is 38.4 Å². The Labute approximate surface area is 165 Å². The Morgan fingerprint density at radius 1 is 1.18 bits per heavy atom. The maximum absolute atomic E-state index is 11.6. The molecule has 1 aliphatic rings. The van der Waals surface area contributed by atoms with Crippen molar-refractivity contribution >= 4 is 11.9 Å². The fraction of sp³-hybridized carbons (Fsp3) is 0.600. The quantitative estimate of drug-likeness (QED) is 0.552. The molecule has 28 heavy (non-hydrogen) atoms. The van der Waals surface area contributed by atoms with Crippen LogP contribution in [0.2, 0.25) is 0 Å². The summed E-state index contributed by atoms with van der Waals surface area (Å²) in [7, 11) is 0. The van der Waals surface area contributed by atoms with Crippen LogP contribution in [0.5, 0.6) is 11.5 Å². The van der Waals surface area contributed by atoms with E-state index < -0.39 is 5.97 Å². The zero-order chi connectivity index (χ0) is 20.2. The number of ether oxygens (including phenoxy) is 3. The lowest BCUT2D eigenvalue weighted by atomic mass is 10.1. The topological polar surface area (TPSA) is 97.3 Å². The summed E-state index contributed by atoms with van der Waals surface area (Å²) >= 11 is 0. The molecule has 8 heteroatoms. The number of rotatable bonds is 12. The van der Waals surface area contributed by atoms with Crippen LogP contribution in [0.3, 0.4) is 0 Å². The smallest absolute Gasteiger partial charge is 0.303 e. The summed E-state index contributed by atoms with van der Waals surface area (Å²) in [6, 6.07) is 5.78. The van der Waals surface area contributed by atoms with Gasteiger partial charge in [0.25, 0.3) is 0 Å². The highest BCUT2D eigenvalue weighted by atomic mass is 16.5. The minimum atomic E-state index is -0.972. The molecule has 1 aliphatic heterocycles. The maximum Gasteiger partial charge on any atom is 0.303 e. The molecule has 0 aliphatic carbocycles. The van der Waals surface area contributed by atoms with Crippen LogP contribution in [0.4, 0.5) is 0 Å². The average molecular weight is 394 g/mol. The fourth-order valence-corrected chi connectivity index (χ4v) is 2.86. The second kappa shape index (κ2) is 12.2. The molecule has 0 spiro atoms. The number of carbonyl (C=O) groups excluding carboxylic acids is 1. The van der Waals surface area contributed by atoms with Crippen molar-refractivity contribution in [2.45, 2.75) is 26.2 Å². The second-order valence-electron chi connectivity index (χ2n) is 6.51. The Kier molecular flexibility index (Phi) is 9.57. The number of aliphatic carboxylic acids is 1. The number of carboxylic acids is 1. The maximum atomic E-state index is 11.6. The van der Waals surface area contributed by atoms with Crippen molar-refractivity contribution in [3.8, 4) is 11.5 Å². The molecule has 1 fully saturated rings. The molecule has 0 saturated carbocycles. The SMILES string of the molecule is CCOc1cc(CCNC(=O)CCC(=O)O)ccc1OCCN1CCOCC1. The minimum Gasteiger partial charge on any atom is -0.490 e. The van der Waals surface area contributed by atoms with Crippen molar-refractivity contribution in [3.63, 3.8) is 0 Å². The van der Waals surface area contributed by atoms with Crippen LogP contribution in [0.15, 0.2) is 18.2 Å². The normalized spacial score (nSPS) is 14.5. The third kappa shape index (κ3) is 8.14. The van der Waals surface area contributed by atoms with Gasteiger partial charge in [0.1, 0.15) is 6.61 Å². The first-order valence-electron chi connectivity index (χ1n) is 9.75. The van der Waals surface area contributed by atoms with Gasteiger partial charge in [-0.25, -0.2) is 0 Å². The van der Waals surface area contributed by atoms with Crippen LogP contribution in [-0.2, 0) is 20.7 Å². The summed E-state index contributed by atoms with van der Waals surface area (Å²) in [6.07, 6.45) is 0.471. The number of morpholine rings is 1. The van der Waals surface area contributed by atoms with Gasteiger partial charge in [0, 0.05) is 32.6 Å². The molecule has 1 aromatic carbocycles. The molecule has 156 valence electrons. The van der Waals surface area contributed by atoms with Crippen LogP contribution in [-0.4, -0.2) is 74.5 Å². The summed E-state index contributed by atoms with van der Waals surface area (Å²) in [5.41, 5.74) is 1.02. The molecule has 1 heterocycles. The molecular formula is C20H30N2O6. The summed E-state index contributed by atoms with van der Waals surface area (Å²) < 4.78 is 17.0. The highest BCUT2D eigenvalue weighted by Gasteiger charge is 2.12. The number of hydrogen-bond acceptors (Lipinski definition) is 6. The number of amides is 1. The van der Waals surface area contributed by atoms with Gasteiger partial charge in [-0.05, 0) is 31.0 Å². The van der Waals surface area contributed by atoms with E-state index in [1.807, 2.05) is 25.1 Å². The lowest BCUT2D eigenvalue weighted by molar-refractivity contribution is -0.138. The molecule has 8 nitrogen and oxygen atoms in total. The molecule has 1 amide bonds. The van der Waals surface area contributed by atoms with Crippen molar-refractivity contribution in [3.05, 3.63) is 23.8 Å². The van der Waals surface area contributed by atoms with Crippen LogP contribution >= 0.6 is 0 Å². The van der Waals surface area contributed by atoms with E-state index in [0.29, 0.717) is 37.7 Å². The summed E-state index contributed by atoms with van der Waals surface area (Å²) in [5, 5.41) is 11.3. The van der Waals surface area contributed by atoms with Crippen molar-refractivity contribution in [2.75, 3.05) is 52.6 Å². The second-order valence-corrected chi connectivity index (χ2v) is 6.51. The van der Waals surface area contributed by atoms with Gasteiger partial charge in [-0.3, -0.25) is 14.5 Å². The molecule has 2 N–H and O–H groups in total. The number of hydrogen-bond donors (Lipinski definition) is 2. The molecule has 0 aromatic heterocycles. The van der Waals surface area contributed by atoms with Gasteiger partial charge in [-0.15, -0.1) is 0 Å². The number of nitrogens with zero attached hydrogens (tertiary/aromatic N) is 1. The Morgan fingerprint density at radius 2 is 1.96 bits per heavy atom. The highest BCUT2D eigenvalue weighted by Crippen LogP contribution is 2.28. The first-order chi connectivity index (χ1) is 13.6. The fourth-order valence-electron chi connectivity index (χ4n) is 2.86. The molecule has 0 unspecified atom stereocenters. The average Bonchev–Trinajstić information content (AvgIpc) is 2.69. The van der Waals surface area contributed by atoms with Gasteiger partial charge in [-0.1, -0.05) is 6.07 Å². The Balaban J connectivity index is 1.79. The zero-order valence-corrected chi connectivity index (χ0v) is 16.4. The van der Waals surface area contributed by atoms with E-state index >= 15 is 0 Å². The van der Waals surface area contributed by atoms with Crippen LogP contribution < -0.4 is 14.8 Å². The van der Waals surface area contributed by atoms with Crippen molar-refractivity contribution in [2.24, 2.45) is 0 Å². The Hall–Kier alpha value is -2.32. The third-order valence-corrected chi connectivity index (χ3v) is 4.38. The van der Waals surface area contributed by atoms with Crippen LogP contribution in [0.1, 0.15) is 25.3 Å². The van der Waals surface area contributed by atoms with E-state index in [1.165, 1.54) is 0 Å². The molecule has 1 aromatic rings. The first kappa shape index (κ1) is 22.0. The highest BCUT2D eigenvalue weighted by molar-refractivity contribution is 5.80. The minimum absolute atomic E-state index is 0.00451. The molecule has 0 atom stereocenters. The first-order valence-corrected chi connectivity index (χ1v) is 9.75. The number of benzene rings is 1. The number of carbonyl (C=O) groups is 2. The van der Waals surface area contributed by atoms with E-state index in [2.05, 4.69) is 10.2 Å². The van der Waals surface area contributed by atoms with Gasteiger partial charge in [-0.2, -0.15) is 0 Å². The lowest BCUT2D eigenvalue weighted by Gasteiger charge is -2.26. The molecule has 2 rings (SSSR count). The van der Waals surface area contributed by atoms with E-state index in [1.54, 1.807) is 0 Å². The molecule has 0 radical (unpaired) electrons. The lowest BCUT2D eigenvalue weighted by Crippen LogP contribution is -2.38. The number of carboxylic acid groups (broad SMARTS) is 1. The van der Waals surface area contributed by atoms with Crippen molar-refractivity contribution in [1.82, 2.24) is 10.2 Å². The van der Waals surface area contributed by atoms with E-state index in [9.17, 15) is 9.59 Å². The van der Waals surface area contributed by atoms with Crippen molar-refractivity contribution in [1.29, 1.82) is 0 Å². The molecule has 0 bridgehead atoms. The number of nitrogens with one attached hydrogen (secondary N) is 1. The summed E-state index contributed by atoms with van der Waals surface area (Å²) in [4.78, 5) is 24.4. The van der Waals surface area contributed by atoms with Crippen molar-refractivity contribution < 1.29 is 28.9 Å². The Bertz CT molecular complexity index is 631. The van der Waals surface area contributed by atoms with Crippen LogP contribution in [0, 0.1) is 0 Å². The molecule has 1 saturated heterocycles. The van der Waals surface area contributed by atoms with E-state index in [-0.39, 0.29) is 18.7 Å². The standard InChI is InChI=1S/C20H30N2O6/c1-2-27-18-15-16(7-8-21-19(23)5-6-20(24)25)3-4-17(18)28-14-11-22-9-12-26-13-10-22/h3-4,15H,2,5-14H2,1H3,(H,21,23)(H,24,25). The van der Waals surface area contributed by atoms with Gasteiger partial charge in [0.05, 0.1) is 26.2 Å². The van der Waals surface area contributed by atoms with Gasteiger partial charge >= 0.3 is 5.97 Å². The predicted molar refractivity (Wildman–Crippen MR) is 104 cm³/mol. The van der Waals surface area contributed by atoms with Crippen LogP contribution in [0.25, 0.3) is 0 Å². The Morgan fingerprint density at radius 3 is 2.68 bits per heavy atom. The van der Waals surface area contributed by atoms with Gasteiger partial charge < -0.3 is 24.6 Å². The van der Waals surface area contributed by atoms with Gasteiger partial charge in [0.15, 0.2) is 11.5 Å². The van der Waals surface area contributed by atoms with E-state index in [4.69, 9.17) is 19.3 Å². The monoisotopic (exact) mass is 394 g/mol. The van der Waals surface area contributed by atoms with Gasteiger partial charge in [0.2, 0.25) is 5.91 Å². The zero-order valence-electron chi connectivity index (χ0n) is 16.4. The summed E-state index contributed by atoms with van der Waals surface area (Å²) in [6.45, 7) is 7.73. The molecular weight excluding hydrogens is 364 g/mol. The third-order valence-electron chi connectivity index (χ3n) is 4.38. The summed E-state index contributed by atoms with van der Waals surface area (Å²) in [5.74, 6) is 0.180. The predicted octanol–water partition coefficient (Wildman–Crippen LogP) is 1.32.